The van der Waals surface area contributed by atoms with Crippen LogP contribution in [0.5, 0.6) is 0 Å². The van der Waals surface area contributed by atoms with Gasteiger partial charge in [-0.05, 0) is 42.0 Å². The number of H-pyrrole nitrogens is 1. The zero-order valence-electron chi connectivity index (χ0n) is 17.6. The lowest BCUT2D eigenvalue weighted by atomic mass is 9.82. The smallest absolute Gasteiger partial charge is 0.356 e. The molecular formula is C25H21F2N3O3. The molecule has 0 atom stereocenters. The zero-order chi connectivity index (χ0) is 23.1. The molecule has 1 aliphatic rings. The fourth-order valence-corrected chi connectivity index (χ4v) is 4.68. The average molecular weight is 449 g/mol. The van der Waals surface area contributed by atoms with Crippen molar-refractivity contribution in [3.63, 3.8) is 0 Å². The van der Waals surface area contributed by atoms with Gasteiger partial charge in [0.15, 0.2) is 5.69 Å². The van der Waals surface area contributed by atoms with Crippen LogP contribution in [0, 0.1) is 11.6 Å². The fourth-order valence-electron chi connectivity index (χ4n) is 4.68. The number of carbonyl (C=O) groups is 1. The van der Waals surface area contributed by atoms with Crippen molar-refractivity contribution in [2.45, 2.75) is 38.0 Å². The minimum atomic E-state index is -1.21. The number of hydrogen-bond acceptors (Lipinski definition) is 3. The van der Waals surface area contributed by atoms with Crippen LogP contribution in [0.3, 0.4) is 0 Å². The Morgan fingerprint density at radius 2 is 1.70 bits per heavy atom. The highest BCUT2D eigenvalue weighted by Crippen LogP contribution is 2.36. The molecule has 6 nitrogen and oxygen atoms in total. The molecule has 0 aliphatic heterocycles. The number of carboxylic acid groups (broad SMARTS) is 1. The van der Waals surface area contributed by atoms with E-state index in [1.165, 1.54) is 18.2 Å². The topological polar surface area (TPSA) is 87.5 Å². The van der Waals surface area contributed by atoms with Crippen LogP contribution in [0.2, 0.25) is 0 Å². The van der Waals surface area contributed by atoms with Crippen molar-refractivity contribution in [3.05, 3.63) is 81.8 Å². The Morgan fingerprint density at radius 3 is 2.36 bits per heavy atom. The predicted octanol–water partition coefficient (Wildman–Crippen LogP) is 5.38. The number of benzene rings is 2. The molecule has 0 saturated heterocycles. The lowest BCUT2D eigenvalue weighted by Gasteiger charge is -2.23. The molecule has 2 aromatic carbocycles. The van der Waals surface area contributed by atoms with Gasteiger partial charge in [0, 0.05) is 23.3 Å². The predicted molar refractivity (Wildman–Crippen MR) is 119 cm³/mol. The van der Waals surface area contributed by atoms with E-state index in [1.54, 1.807) is 24.3 Å². The number of rotatable bonds is 4. The molecular weight excluding hydrogens is 428 g/mol. The first-order chi connectivity index (χ1) is 15.9. The first-order valence-electron chi connectivity index (χ1n) is 10.9. The second-order valence-electron chi connectivity index (χ2n) is 8.39. The Morgan fingerprint density at radius 1 is 1.00 bits per heavy atom. The van der Waals surface area contributed by atoms with E-state index in [4.69, 9.17) is 0 Å². The van der Waals surface area contributed by atoms with Gasteiger partial charge in [-0.1, -0.05) is 43.5 Å². The molecule has 1 saturated carbocycles. The third kappa shape index (κ3) is 3.82. The SMILES string of the molecule is O=C(O)c1cc2[nH]c(-c3ccc(-c4ccc(F)cc4F)cc3)c(C3CCCCC3)c(=O)n2n1. The Labute approximate surface area is 187 Å². The monoisotopic (exact) mass is 449 g/mol. The second-order valence-corrected chi connectivity index (χ2v) is 8.39. The number of carboxylic acids is 1. The van der Waals surface area contributed by atoms with Crippen LogP contribution in [0.4, 0.5) is 8.78 Å². The minimum absolute atomic E-state index is 0.0357. The summed E-state index contributed by atoms with van der Waals surface area (Å²) in [5, 5.41) is 13.3. The molecule has 1 fully saturated rings. The van der Waals surface area contributed by atoms with E-state index in [0.717, 1.165) is 48.2 Å². The van der Waals surface area contributed by atoms with Gasteiger partial charge in [0.2, 0.25) is 0 Å². The molecule has 2 aromatic heterocycles. The first kappa shape index (κ1) is 21.1. The molecule has 2 N–H and O–H groups in total. The number of aromatic carboxylic acids is 1. The summed E-state index contributed by atoms with van der Waals surface area (Å²) in [5.41, 5.74) is 2.53. The summed E-state index contributed by atoms with van der Waals surface area (Å²) in [6.45, 7) is 0. The van der Waals surface area contributed by atoms with Gasteiger partial charge in [0.25, 0.3) is 5.56 Å². The van der Waals surface area contributed by atoms with Crippen LogP contribution in [-0.2, 0) is 0 Å². The molecule has 1 aliphatic carbocycles. The summed E-state index contributed by atoms with van der Waals surface area (Å²) < 4.78 is 28.6. The lowest BCUT2D eigenvalue weighted by Crippen LogP contribution is -2.25. The Hall–Kier alpha value is -3.81. The molecule has 0 unspecified atom stereocenters. The highest BCUT2D eigenvalue weighted by Gasteiger charge is 2.25. The molecule has 0 spiro atoms. The number of aromatic nitrogens is 3. The molecule has 0 radical (unpaired) electrons. The average Bonchev–Trinajstić information content (AvgIpc) is 3.25. The number of halogens is 2. The molecule has 0 amide bonds. The molecule has 5 rings (SSSR count). The van der Waals surface area contributed by atoms with E-state index >= 15 is 0 Å². The molecule has 168 valence electrons. The maximum Gasteiger partial charge on any atom is 0.356 e. The summed E-state index contributed by atoms with van der Waals surface area (Å²) in [7, 11) is 0. The standard InChI is InChI=1S/C25H21F2N3O3/c26-17-10-11-18(19(27)12-17)14-6-8-16(9-7-14)23-22(15-4-2-1-3-5-15)24(31)30-21(28-23)13-20(29-30)25(32)33/h6-13,15,28H,1-5H2,(H,32,33). The van der Waals surface area contributed by atoms with E-state index in [9.17, 15) is 23.5 Å². The Balaban J connectivity index is 1.65. The number of hydrogen-bond donors (Lipinski definition) is 2. The van der Waals surface area contributed by atoms with Gasteiger partial charge < -0.3 is 10.1 Å². The minimum Gasteiger partial charge on any atom is -0.476 e. The number of aromatic amines is 1. The second kappa shape index (κ2) is 8.27. The number of fused-ring (bicyclic) bond motifs is 1. The van der Waals surface area contributed by atoms with Crippen LogP contribution >= 0.6 is 0 Å². The van der Waals surface area contributed by atoms with Gasteiger partial charge in [-0.15, -0.1) is 0 Å². The van der Waals surface area contributed by atoms with Crippen LogP contribution in [-0.4, -0.2) is 25.7 Å². The van der Waals surface area contributed by atoms with Crippen LogP contribution in [0.25, 0.3) is 28.0 Å². The van der Waals surface area contributed by atoms with Crippen LogP contribution in [0.15, 0.2) is 53.3 Å². The molecule has 0 bridgehead atoms. The maximum absolute atomic E-state index is 14.2. The van der Waals surface area contributed by atoms with E-state index in [1.807, 2.05) is 0 Å². The van der Waals surface area contributed by atoms with Crippen LogP contribution < -0.4 is 5.56 Å². The molecule has 8 heteroatoms. The van der Waals surface area contributed by atoms with Gasteiger partial charge in [-0.3, -0.25) is 4.79 Å². The highest BCUT2D eigenvalue weighted by atomic mass is 19.1. The quantitative estimate of drug-likeness (QED) is 0.438. The van der Waals surface area contributed by atoms with Gasteiger partial charge >= 0.3 is 5.97 Å². The third-order valence-electron chi connectivity index (χ3n) is 6.30. The van der Waals surface area contributed by atoms with E-state index in [0.29, 0.717) is 22.5 Å². The Bertz CT molecular complexity index is 1420. The molecule has 4 aromatic rings. The van der Waals surface area contributed by atoms with Crippen molar-refractivity contribution in [2.75, 3.05) is 0 Å². The summed E-state index contributed by atoms with van der Waals surface area (Å²) >= 11 is 0. The van der Waals surface area contributed by atoms with Gasteiger partial charge in [-0.2, -0.15) is 9.61 Å². The van der Waals surface area contributed by atoms with Crippen molar-refractivity contribution in [3.8, 4) is 22.4 Å². The maximum atomic E-state index is 14.2. The summed E-state index contributed by atoms with van der Waals surface area (Å²) in [6, 6.07) is 11.8. The zero-order valence-corrected chi connectivity index (χ0v) is 17.6. The summed E-state index contributed by atoms with van der Waals surface area (Å²) in [6.07, 6.45) is 4.89. The van der Waals surface area contributed by atoms with Crippen molar-refractivity contribution in [2.24, 2.45) is 0 Å². The largest absolute Gasteiger partial charge is 0.476 e. The number of nitrogens with zero attached hydrogens (tertiary/aromatic N) is 2. The van der Waals surface area contributed by atoms with Crippen molar-refractivity contribution < 1.29 is 18.7 Å². The van der Waals surface area contributed by atoms with Crippen molar-refractivity contribution in [1.82, 2.24) is 14.6 Å². The summed E-state index contributed by atoms with van der Waals surface area (Å²) in [4.78, 5) is 28.0. The summed E-state index contributed by atoms with van der Waals surface area (Å²) in [5.74, 6) is -2.47. The first-order valence-corrected chi connectivity index (χ1v) is 10.9. The van der Waals surface area contributed by atoms with Gasteiger partial charge in [-0.25, -0.2) is 13.6 Å². The third-order valence-corrected chi connectivity index (χ3v) is 6.30. The van der Waals surface area contributed by atoms with E-state index < -0.39 is 17.6 Å². The van der Waals surface area contributed by atoms with E-state index in [2.05, 4.69) is 10.1 Å². The lowest BCUT2D eigenvalue weighted by molar-refractivity contribution is 0.0690. The van der Waals surface area contributed by atoms with Gasteiger partial charge in [0.05, 0.1) is 5.69 Å². The van der Waals surface area contributed by atoms with E-state index in [-0.39, 0.29) is 22.7 Å². The van der Waals surface area contributed by atoms with Crippen molar-refractivity contribution >= 4 is 11.6 Å². The number of nitrogens with one attached hydrogen (secondary N) is 1. The molecule has 2 heterocycles. The van der Waals surface area contributed by atoms with Crippen molar-refractivity contribution in [1.29, 1.82) is 0 Å². The van der Waals surface area contributed by atoms with Gasteiger partial charge in [0.1, 0.15) is 17.3 Å². The normalized spacial score (nSPS) is 14.6. The fraction of sp³-hybridized carbons (Fsp3) is 0.240. The molecule has 33 heavy (non-hydrogen) atoms. The Kier molecular flexibility index (Phi) is 5.28. The highest BCUT2D eigenvalue weighted by molar-refractivity contribution is 5.86. The van der Waals surface area contributed by atoms with Crippen LogP contribution in [0.1, 0.15) is 54.1 Å².